The molecule has 2 aromatic rings. The summed E-state index contributed by atoms with van der Waals surface area (Å²) < 4.78 is 21.8. The maximum Gasteiger partial charge on any atom is 0.231 e. The van der Waals surface area contributed by atoms with Crippen molar-refractivity contribution >= 4 is 10.9 Å². The van der Waals surface area contributed by atoms with Crippen LogP contribution in [0.5, 0.6) is 23.1 Å². The number of methoxy groups -OCH3 is 1. The molecular formula is C13H11NO4. The fourth-order valence-electron chi connectivity index (χ4n) is 2.46. The number of ether oxygens (including phenoxy) is 4. The number of fused-ring (bicyclic) bond motifs is 3. The lowest BCUT2D eigenvalue weighted by Gasteiger charge is -2.10. The average molecular weight is 245 g/mol. The highest BCUT2D eigenvalue weighted by molar-refractivity contribution is 5.90. The topological polar surface area (TPSA) is 49.8 Å². The van der Waals surface area contributed by atoms with Gasteiger partial charge in [-0.15, -0.1) is 0 Å². The summed E-state index contributed by atoms with van der Waals surface area (Å²) in [6, 6.07) is 3.78. The normalized spacial score (nSPS) is 15.6. The van der Waals surface area contributed by atoms with Crippen LogP contribution >= 0.6 is 0 Å². The predicted octanol–water partition coefficient (Wildman–Crippen LogP) is 1.91. The van der Waals surface area contributed by atoms with E-state index in [4.69, 9.17) is 18.9 Å². The average Bonchev–Trinajstić information content (AvgIpc) is 3.00. The van der Waals surface area contributed by atoms with Crippen molar-refractivity contribution in [2.45, 2.75) is 6.42 Å². The van der Waals surface area contributed by atoms with Crippen LogP contribution in [0.1, 0.15) is 5.56 Å². The quantitative estimate of drug-likeness (QED) is 0.768. The largest absolute Gasteiger partial charge is 0.496 e. The second-order valence-corrected chi connectivity index (χ2v) is 4.25. The first-order chi connectivity index (χ1) is 8.86. The summed E-state index contributed by atoms with van der Waals surface area (Å²) in [6.45, 7) is 0.909. The second-order valence-electron chi connectivity index (χ2n) is 4.25. The van der Waals surface area contributed by atoms with E-state index in [1.807, 2.05) is 12.1 Å². The van der Waals surface area contributed by atoms with E-state index in [2.05, 4.69) is 4.98 Å². The van der Waals surface area contributed by atoms with Crippen molar-refractivity contribution < 1.29 is 18.9 Å². The van der Waals surface area contributed by atoms with Crippen LogP contribution in [0.4, 0.5) is 0 Å². The van der Waals surface area contributed by atoms with Gasteiger partial charge in [-0.3, -0.25) is 0 Å². The zero-order valence-electron chi connectivity index (χ0n) is 9.86. The number of rotatable bonds is 1. The molecule has 5 heteroatoms. The molecular weight excluding hydrogens is 234 g/mol. The molecule has 0 bridgehead atoms. The molecule has 0 radical (unpaired) electrons. The van der Waals surface area contributed by atoms with Gasteiger partial charge in [0.25, 0.3) is 0 Å². The van der Waals surface area contributed by atoms with Crippen LogP contribution in [-0.4, -0.2) is 25.5 Å². The van der Waals surface area contributed by atoms with E-state index in [9.17, 15) is 0 Å². The van der Waals surface area contributed by atoms with Gasteiger partial charge in [-0.05, 0) is 6.07 Å². The molecule has 1 aromatic carbocycles. The highest BCUT2D eigenvalue weighted by Crippen LogP contribution is 2.43. The summed E-state index contributed by atoms with van der Waals surface area (Å²) in [5, 5.41) is 0.936. The van der Waals surface area contributed by atoms with Crippen molar-refractivity contribution in [2.24, 2.45) is 0 Å². The van der Waals surface area contributed by atoms with Gasteiger partial charge in [0.15, 0.2) is 11.5 Å². The summed E-state index contributed by atoms with van der Waals surface area (Å²) in [4.78, 5) is 4.50. The number of aromatic nitrogens is 1. The number of hydrogen-bond acceptors (Lipinski definition) is 5. The SMILES string of the molecule is COc1c2c(nc3cc4c(cc13)OCO4)OCC2. The third-order valence-corrected chi connectivity index (χ3v) is 3.28. The zero-order chi connectivity index (χ0) is 12.1. The van der Waals surface area contributed by atoms with Crippen LogP contribution in [0.25, 0.3) is 10.9 Å². The number of hydrogen-bond donors (Lipinski definition) is 0. The van der Waals surface area contributed by atoms with Gasteiger partial charge in [0, 0.05) is 17.9 Å². The van der Waals surface area contributed by atoms with E-state index in [-0.39, 0.29) is 6.79 Å². The Kier molecular flexibility index (Phi) is 1.86. The van der Waals surface area contributed by atoms with Crippen LogP contribution in [0.3, 0.4) is 0 Å². The van der Waals surface area contributed by atoms with E-state index >= 15 is 0 Å². The first-order valence-electron chi connectivity index (χ1n) is 5.80. The molecule has 4 rings (SSSR count). The highest BCUT2D eigenvalue weighted by atomic mass is 16.7. The second kappa shape index (κ2) is 3.41. The van der Waals surface area contributed by atoms with Crippen molar-refractivity contribution in [1.82, 2.24) is 4.98 Å². The molecule has 0 spiro atoms. The summed E-state index contributed by atoms with van der Waals surface area (Å²) in [5.41, 5.74) is 1.83. The van der Waals surface area contributed by atoms with Crippen molar-refractivity contribution in [3.8, 4) is 23.1 Å². The van der Waals surface area contributed by atoms with Gasteiger partial charge in [0.2, 0.25) is 12.7 Å². The maximum absolute atomic E-state index is 5.51. The smallest absolute Gasteiger partial charge is 0.231 e. The molecule has 0 N–H and O–H groups in total. The van der Waals surface area contributed by atoms with E-state index in [0.29, 0.717) is 12.5 Å². The highest BCUT2D eigenvalue weighted by Gasteiger charge is 2.24. The molecule has 0 unspecified atom stereocenters. The third-order valence-electron chi connectivity index (χ3n) is 3.28. The van der Waals surface area contributed by atoms with E-state index in [1.54, 1.807) is 7.11 Å². The molecule has 0 atom stereocenters. The minimum Gasteiger partial charge on any atom is -0.496 e. The Bertz CT molecular complexity index is 648. The summed E-state index contributed by atoms with van der Waals surface area (Å²) in [6.07, 6.45) is 0.829. The van der Waals surface area contributed by atoms with Gasteiger partial charge in [-0.25, -0.2) is 4.98 Å². The molecule has 1 aromatic heterocycles. The molecule has 0 aliphatic carbocycles. The molecule has 0 saturated carbocycles. The van der Waals surface area contributed by atoms with Gasteiger partial charge in [0.1, 0.15) is 5.75 Å². The minimum absolute atomic E-state index is 0.254. The Labute approximate surface area is 103 Å². The van der Waals surface area contributed by atoms with Gasteiger partial charge in [-0.1, -0.05) is 0 Å². The summed E-state index contributed by atoms with van der Waals surface area (Å²) in [5.74, 6) is 2.94. The van der Waals surface area contributed by atoms with Crippen LogP contribution in [-0.2, 0) is 6.42 Å². The van der Waals surface area contributed by atoms with Gasteiger partial charge < -0.3 is 18.9 Å². The van der Waals surface area contributed by atoms with Crippen LogP contribution in [0.15, 0.2) is 12.1 Å². The van der Waals surface area contributed by atoms with E-state index < -0.39 is 0 Å². The lowest BCUT2D eigenvalue weighted by atomic mass is 10.1. The Morgan fingerprint density at radius 2 is 2.00 bits per heavy atom. The van der Waals surface area contributed by atoms with E-state index in [0.717, 1.165) is 40.1 Å². The number of benzene rings is 1. The molecule has 2 aliphatic rings. The van der Waals surface area contributed by atoms with Crippen molar-refractivity contribution in [1.29, 1.82) is 0 Å². The Hall–Kier alpha value is -2.17. The Morgan fingerprint density at radius 1 is 1.17 bits per heavy atom. The summed E-state index contributed by atoms with van der Waals surface area (Å²) >= 11 is 0. The fourth-order valence-corrected chi connectivity index (χ4v) is 2.46. The number of pyridine rings is 1. The standard InChI is InChI=1S/C13H11NO4/c1-15-12-7-2-3-16-13(7)14-9-5-11-10(4-8(9)12)17-6-18-11/h4-5H,2-3,6H2,1H3. The predicted molar refractivity (Wildman–Crippen MR) is 63.6 cm³/mol. The fraction of sp³-hybridized carbons (Fsp3) is 0.308. The Balaban J connectivity index is 2.07. The third kappa shape index (κ3) is 1.19. The molecule has 0 amide bonds. The molecule has 0 saturated heterocycles. The van der Waals surface area contributed by atoms with E-state index in [1.165, 1.54) is 0 Å². The molecule has 3 heterocycles. The van der Waals surface area contributed by atoms with Crippen LogP contribution in [0.2, 0.25) is 0 Å². The van der Waals surface area contributed by atoms with Gasteiger partial charge in [-0.2, -0.15) is 0 Å². The molecule has 0 fully saturated rings. The van der Waals surface area contributed by atoms with Crippen LogP contribution < -0.4 is 18.9 Å². The first-order valence-corrected chi connectivity index (χ1v) is 5.80. The number of nitrogens with zero attached hydrogens (tertiary/aromatic N) is 1. The lowest BCUT2D eigenvalue weighted by Crippen LogP contribution is -1.93. The molecule has 18 heavy (non-hydrogen) atoms. The Morgan fingerprint density at radius 3 is 2.83 bits per heavy atom. The van der Waals surface area contributed by atoms with Crippen molar-refractivity contribution in [2.75, 3.05) is 20.5 Å². The minimum atomic E-state index is 0.254. The first kappa shape index (κ1) is 9.82. The summed E-state index contributed by atoms with van der Waals surface area (Å²) in [7, 11) is 1.66. The van der Waals surface area contributed by atoms with Gasteiger partial charge in [0.05, 0.1) is 24.8 Å². The zero-order valence-corrected chi connectivity index (χ0v) is 9.86. The molecule has 2 aliphatic heterocycles. The van der Waals surface area contributed by atoms with Crippen molar-refractivity contribution in [3.05, 3.63) is 17.7 Å². The van der Waals surface area contributed by atoms with Gasteiger partial charge >= 0.3 is 0 Å². The monoisotopic (exact) mass is 245 g/mol. The maximum atomic E-state index is 5.51. The lowest BCUT2D eigenvalue weighted by molar-refractivity contribution is 0.174. The molecule has 92 valence electrons. The van der Waals surface area contributed by atoms with Crippen molar-refractivity contribution in [3.63, 3.8) is 0 Å². The van der Waals surface area contributed by atoms with Crippen LogP contribution in [0, 0.1) is 0 Å². The molecule has 5 nitrogen and oxygen atoms in total.